The Hall–Kier alpha value is -2.14. The van der Waals surface area contributed by atoms with Crippen molar-refractivity contribution in [1.82, 2.24) is 0 Å². The van der Waals surface area contributed by atoms with Gasteiger partial charge in [0.15, 0.2) is 0 Å². The van der Waals surface area contributed by atoms with E-state index >= 15 is 0 Å². The molecule has 0 fully saturated rings. The number of carboxylic acid groups (broad SMARTS) is 1. The SMILES string of the molecule is CCCCCCCC(C(=O)O)C1c2ccc(O)cc2SCC1(C)c1ccc(O)cc1. The van der Waals surface area contributed by atoms with E-state index in [2.05, 4.69) is 13.8 Å². The lowest BCUT2D eigenvalue weighted by Crippen LogP contribution is -2.42. The molecular weight excluding hydrogens is 396 g/mol. The lowest BCUT2D eigenvalue weighted by molar-refractivity contribution is -0.143. The number of hydrogen-bond donors (Lipinski definition) is 3. The van der Waals surface area contributed by atoms with Crippen molar-refractivity contribution in [3.05, 3.63) is 53.6 Å². The first-order chi connectivity index (χ1) is 14.4. The molecule has 0 spiro atoms. The number of unbranched alkanes of at least 4 members (excludes halogenated alkanes) is 4. The van der Waals surface area contributed by atoms with Gasteiger partial charge in [-0.2, -0.15) is 0 Å². The molecule has 0 radical (unpaired) electrons. The number of hydrogen-bond acceptors (Lipinski definition) is 4. The maximum Gasteiger partial charge on any atom is 0.307 e. The summed E-state index contributed by atoms with van der Waals surface area (Å²) >= 11 is 1.66. The third-order valence-corrected chi connectivity index (χ3v) is 7.82. The molecule has 162 valence electrons. The molecule has 0 saturated carbocycles. The average molecular weight is 429 g/mol. The third kappa shape index (κ3) is 4.77. The van der Waals surface area contributed by atoms with Gasteiger partial charge in [0, 0.05) is 22.0 Å². The van der Waals surface area contributed by atoms with Gasteiger partial charge >= 0.3 is 5.97 Å². The summed E-state index contributed by atoms with van der Waals surface area (Å²) in [6.45, 7) is 4.31. The van der Waals surface area contributed by atoms with Crippen molar-refractivity contribution in [3.8, 4) is 11.5 Å². The maximum atomic E-state index is 12.5. The molecule has 2 aromatic rings. The molecule has 0 bridgehead atoms. The summed E-state index contributed by atoms with van der Waals surface area (Å²) in [6, 6.07) is 12.5. The molecule has 3 atom stereocenters. The summed E-state index contributed by atoms with van der Waals surface area (Å²) in [5.41, 5.74) is 1.64. The monoisotopic (exact) mass is 428 g/mol. The van der Waals surface area contributed by atoms with E-state index in [9.17, 15) is 20.1 Å². The van der Waals surface area contributed by atoms with Gasteiger partial charge in [-0.25, -0.2) is 0 Å². The first-order valence-corrected chi connectivity index (χ1v) is 11.8. The highest BCUT2D eigenvalue weighted by Crippen LogP contribution is 2.54. The number of carbonyl (C=O) groups is 1. The summed E-state index contributed by atoms with van der Waals surface area (Å²) in [4.78, 5) is 13.4. The van der Waals surface area contributed by atoms with Gasteiger partial charge in [-0.15, -0.1) is 11.8 Å². The number of rotatable bonds is 9. The van der Waals surface area contributed by atoms with Crippen LogP contribution in [0.3, 0.4) is 0 Å². The summed E-state index contributed by atoms with van der Waals surface area (Å²) < 4.78 is 0. The molecule has 0 aliphatic carbocycles. The van der Waals surface area contributed by atoms with E-state index in [1.54, 1.807) is 36.0 Å². The van der Waals surface area contributed by atoms with Crippen LogP contribution in [0.15, 0.2) is 47.4 Å². The minimum Gasteiger partial charge on any atom is -0.508 e. The molecule has 1 aliphatic rings. The van der Waals surface area contributed by atoms with Gasteiger partial charge < -0.3 is 15.3 Å². The van der Waals surface area contributed by atoms with Crippen LogP contribution in [0.5, 0.6) is 11.5 Å². The second kappa shape index (κ2) is 9.78. The molecule has 3 unspecified atom stereocenters. The fraction of sp³-hybridized carbons (Fsp3) is 0.480. The number of carboxylic acids is 1. The maximum absolute atomic E-state index is 12.5. The van der Waals surface area contributed by atoms with Crippen LogP contribution in [0.25, 0.3) is 0 Å². The fourth-order valence-corrected chi connectivity index (χ4v) is 6.10. The molecule has 5 heteroatoms. The Labute approximate surface area is 183 Å². The summed E-state index contributed by atoms with van der Waals surface area (Å²) in [5, 5.41) is 30.0. The van der Waals surface area contributed by atoms with E-state index in [0.29, 0.717) is 6.42 Å². The van der Waals surface area contributed by atoms with Crippen LogP contribution in [0, 0.1) is 5.92 Å². The minimum absolute atomic E-state index is 0.206. The molecule has 0 saturated heterocycles. The van der Waals surface area contributed by atoms with Crippen LogP contribution in [0.2, 0.25) is 0 Å². The van der Waals surface area contributed by atoms with Crippen molar-refractivity contribution in [2.45, 2.75) is 68.6 Å². The van der Waals surface area contributed by atoms with Crippen molar-refractivity contribution in [1.29, 1.82) is 0 Å². The minimum atomic E-state index is -0.758. The van der Waals surface area contributed by atoms with Gasteiger partial charge in [0.2, 0.25) is 0 Å². The average Bonchev–Trinajstić information content (AvgIpc) is 2.72. The molecule has 3 N–H and O–H groups in total. The number of aromatic hydroxyl groups is 2. The number of aliphatic carboxylic acids is 1. The van der Waals surface area contributed by atoms with Gasteiger partial charge in [0.25, 0.3) is 0 Å². The second-order valence-corrected chi connectivity index (χ2v) is 9.62. The van der Waals surface area contributed by atoms with Crippen molar-refractivity contribution in [3.63, 3.8) is 0 Å². The van der Waals surface area contributed by atoms with E-state index in [0.717, 1.165) is 47.5 Å². The van der Waals surface area contributed by atoms with Crippen LogP contribution in [0.1, 0.15) is 69.4 Å². The summed E-state index contributed by atoms with van der Waals surface area (Å²) in [5.74, 6) is -0.333. The standard InChI is InChI=1S/C25H32O4S/c1-3-4-5-6-7-8-21(24(28)29)23-20-14-13-19(27)15-22(20)30-16-25(23,2)17-9-11-18(26)12-10-17/h9-15,21,23,26-27H,3-8,16H2,1-2H3,(H,28,29). The number of phenolic OH excluding ortho intramolecular Hbond substituents is 2. The lowest BCUT2D eigenvalue weighted by Gasteiger charge is -2.45. The van der Waals surface area contributed by atoms with Gasteiger partial charge in [-0.05, 0) is 41.8 Å². The van der Waals surface area contributed by atoms with Gasteiger partial charge in [0.05, 0.1) is 5.92 Å². The third-order valence-electron chi connectivity index (χ3n) is 6.41. The van der Waals surface area contributed by atoms with Crippen molar-refractivity contribution in [2.75, 3.05) is 5.75 Å². The molecule has 0 amide bonds. The van der Waals surface area contributed by atoms with Gasteiger partial charge in [-0.1, -0.05) is 64.2 Å². The van der Waals surface area contributed by atoms with Crippen molar-refractivity contribution < 1.29 is 20.1 Å². The number of fused-ring (bicyclic) bond motifs is 1. The zero-order valence-corrected chi connectivity index (χ0v) is 18.6. The van der Waals surface area contributed by atoms with E-state index in [-0.39, 0.29) is 17.4 Å². The van der Waals surface area contributed by atoms with Crippen LogP contribution < -0.4 is 0 Å². The van der Waals surface area contributed by atoms with Crippen molar-refractivity contribution >= 4 is 17.7 Å². The normalized spacial score (nSPS) is 21.7. The molecule has 4 nitrogen and oxygen atoms in total. The molecule has 30 heavy (non-hydrogen) atoms. The van der Waals surface area contributed by atoms with Gasteiger partial charge in [0.1, 0.15) is 11.5 Å². The fourth-order valence-electron chi connectivity index (χ4n) is 4.73. The van der Waals surface area contributed by atoms with E-state index in [4.69, 9.17) is 0 Å². The van der Waals surface area contributed by atoms with Crippen LogP contribution in [0.4, 0.5) is 0 Å². The first-order valence-electron chi connectivity index (χ1n) is 10.8. The molecular formula is C25H32O4S. The Morgan fingerprint density at radius 3 is 2.40 bits per heavy atom. The van der Waals surface area contributed by atoms with E-state index < -0.39 is 17.3 Å². The highest BCUT2D eigenvalue weighted by molar-refractivity contribution is 7.99. The number of phenols is 2. The Kier molecular flexibility index (Phi) is 7.35. The Bertz CT molecular complexity index is 864. The van der Waals surface area contributed by atoms with Crippen molar-refractivity contribution in [2.24, 2.45) is 5.92 Å². The molecule has 2 aromatic carbocycles. The highest BCUT2D eigenvalue weighted by atomic mass is 32.2. The molecule has 3 rings (SSSR count). The van der Waals surface area contributed by atoms with E-state index in [1.165, 1.54) is 6.42 Å². The predicted molar refractivity (Wildman–Crippen MR) is 122 cm³/mol. The number of thioether (sulfide) groups is 1. The van der Waals surface area contributed by atoms with Gasteiger partial charge in [-0.3, -0.25) is 4.79 Å². The zero-order valence-electron chi connectivity index (χ0n) is 17.8. The van der Waals surface area contributed by atoms with Crippen LogP contribution in [-0.2, 0) is 10.2 Å². The lowest BCUT2D eigenvalue weighted by atomic mass is 9.63. The predicted octanol–water partition coefficient (Wildman–Crippen LogP) is 6.31. The Balaban J connectivity index is 2.00. The molecule has 0 aromatic heterocycles. The topological polar surface area (TPSA) is 77.8 Å². The Morgan fingerprint density at radius 1 is 1.07 bits per heavy atom. The number of benzene rings is 2. The molecule has 1 aliphatic heterocycles. The van der Waals surface area contributed by atoms with E-state index in [1.807, 2.05) is 18.2 Å². The first kappa shape index (κ1) is 22.5. The Morgan fingerprint density at radius 2 is 1.73 bits per heavy atom. The summed E-state index contributed by atoms with van der Waals surface area (Å²) in [6.07, 6.45) is 6.09. The summed E-state index contributed by atoms with van der Waals surface area (Å²) in [7, 11) is 0. The van der Waals surface area contributed by atoms with Crippen LogP contribution >= 0.6 is 11.8 Å². The zero-order chi connectivity index (χ0) is 21.7. The highest BCUT2D eigenvalue weighted by Gasteiger charge is 2.47. The second-order valence-electron chi connectivity index (χ2n) is 8.60. The molecule has 1 heterocycles. The largest absolute Gasteiger partial charge is 0.508 e. The smallest absolute Gasteiger partial charge is 0.307 e. The quantitative estimate of drug-likeness (QED) is 0.408. The van der Waals surface area contributed by atoms with Crippen LogP contribution in [-0.4, -0.2) is 27.0 Å².